The first-order chi connectivity index (χ1) is 10.7. The van der Waals surface area contributed by atoms with Crippen LogP contribution in [0.1, 0.15) is 28.9 Å². The molecule has 0 unspecified atom stereocenters. The zero-order chi connectivity index (χ0) is 15.5. The van der Waals surface area contributed by atoms with Crippen molar-refractivity contribution in [1.82, 2.24) is 4.90 Å². The van der Waals surface area contributed by atoms with Crippen molar-refractivity contribution in [3.8, 4) is 0 Å². The average molecular weight is 338 g/mol. The number of halogens is 1. The number of benzene rings is 1. The molecule has 2 aromatic rings. The molecule has 1 fully saturated rings. The molecule has 4 nitrogen and oxygen atoms in total. The molecule has 22 heavy (non-hydrogen) atoms. The van der Waals surface area contributed by atoms with Gasteiger partial charge in [-0.25, -0.2) is 4.79 Å². The molecule has 1 aromatic carbocycles. The summed E-state index contributed by atoms with van der Waals surface area (Å²) in [5.74, 6) is -0.665. The second kappa shape index (κ2) is 6.67. The smallest absolute Gasteiger partial charge is 0.350 e. The number of rotatable bonds is 3. The van der Waals surface area contributed by atoms with E-state index in [0.717, 1.165) is 42.4 Å². The van der Waals surface area contributed by atoms with Gasteiger partial charge in [0, 0.05) is 23.2 Å². The zero-order valence-corrected chi connectivity index (χ0v) is 13.6. The third-order valence-corrected chi connectivity index (χ3v) is 5.41. The van der Waals surface area contributed by atoms with Gasteiger partial charge < -0.3 is 9.64 Å². The van der Waals surface area contributed by atoms with Crippen LogP contribution in [0.4, 0.5) is 0 Å². The van der Waals surface area contributed by atoms with Gasteiger partial charge in [0.15, 0.2) is 6.61 Å². The molecule has 2 heterocycles. The van der Waals surface area contributed by atoms with Crippen molar-refractivity contribution < 1.29 is 14.3 Å². The number of hydrogen-bond donors (Lipinski definition) is 0. The second-order valence-electron chi connectivity index (χ2n) is 5.26. The fraction of sp³-hybridized carbons (Fsp3) is 0.375. The fourth-order valence-electron chi connectivity index (χ4n) is 2.57. The monoisotopic (exact) mass is 337 g/mol. The van der Waals surface area contributed by atoms with E-state index in [-0.39, 0.29) is 12.5 Å². The minimum atomic E-state index is -0.531. The summed E-state index contributed by atoms with van der Waals surface area (Å²) in [6.07, 6.45) is 3.19. The number of carbonyl (C=O) groups is 2. The molecule has 0 bridgehead atoms. The molecular formula is C16H16ClNO3S. The van der Waals surface area contributed by atoms with Gasteiger partial charge in [-0.3, -0.25) is 4.79 Å². The van der Waals surface area contributed by atoms with Crippen molar-refractivity contribution in [3.05, 3.63) is 34.2 Å². The number of esters is 1. The largest absolute Gasteiger partial charge is 0.451 e. The number of carbonyl (C=O) groups excluding carboxylic acids is 2. The Morgan fingerprint density at radius 1 is 1.18 bits per heavy atom. The maximum atomic E-state index is 12.2. The van der Waals surface area contributed by atoms with Crippen molar-refractivity contribution in [2.24, 2.45) is 0 Å². The summed E-state index contributed by atoms with van der Waals surface area (Å²) in [7, 11) is 0. The van der Waals surface area contributed by atoms with Crippen LogP contribution < -0.4 is 0 Å². The number of nitrogens with zero attached hydrogens (tertiary/aromatic N) is 1. The van der Waals surface area contributed by atoms with Gasteiger partial charge in [0.2, 0.25) is 0 Å². The minimum Gasteiger partial charge on any atom is -0.451 e. The van der Waals surface area contributed by atoms with Crippen LogP contribution in [-0.4, -0.2) is 36.5 Å². The molecule has 116 valence electrons. The van der Waals surface area contributed by atoms with E-state index in [9.17, 15) is 9.59 Å². The molecule has 1 aliphatic heterocycles. The molecule has 1 aromatic heterocycles. The Balaban J connectivity index is 1.66. The maximum absolute atomic E-state index is 12.2. The maximum Gasteiger partial charge on any atom is 0.350 e. The minimum absolute atomic E-state index is 0.134. The van der Waals surface area contributed by atoms with Crippen LogP contribution in [-0.2, 0) is 9.53 Å². The van der Waals surface area contributed by atoms with Crippen LogP contribution in [0.2, 0.25) is 5.02 Å². The summed E-state index contributed by atoms with van der Waals surface area (Å²) >= 11 is 7.52. The highest BCUT2D eigenvalue weighted by molar-refractivity contribution is 7.21. The number of ether oxygens (including phenoxy) is 1. The predicted molar refractivity (Wildman–Crippen MR) is 87.5 cm³/mol. The van der Waals surface area contributed by atoms with Crippen LogP contribution >= 0.6 is 22.9 Å². The number of thiophene rings is 1. The predicted octanol–water partition coefficient (Wildman–Crippen LogP) is 3.72. The van der Waals surface area contributed by atoms with Crippen LogP contribution in [0.5, 0.6) is 0 Å². The van der Waals surface area contributed by atoms with Gasteiger partial charge in [0.25, 0.3) is 5.91 Å². The summed E-state index contributed by atoms with van der Waals surface area (Å²) in [4.78, 5) is 26.3. The van der Waals surface area contributed by atoms with E-state index in [1.165, 1.54) is 11.3 Å². The van der Waals surface area contributed by atoms with Gasteiger partial charge in [0.05, 0.1) is 5.02 Å². The number of amides is 1. The first kappa shape index (κ1) is 15.3. The molecule has 1 saturated heterocycles. The first-order valence-electron chi connectivity index (χ1n) is 7.29. The van der Waals surface area contributed by atoms with Crippen molar-refractivity contribution in [3.63, 3.8) is 0 Å². The van der Waals surface area contributed by atoms with Crippen molar-refractivity contribution >= 4 is 44.9 Å². The Labute approximate surface area is 137 Å². The van der Waals surface area contributed by atoms with E-state index >= 15 is 0 Å². The molecule has 0 atom stereocenters. The molecule has 1 aliphatic rings. The number of hydrogen-bond acceptors (Lipinski definition) is 4. The zero-order valence-electron chi connectivity index (χ0n) is 12.0. The highest BCUT2D eigenvalue weighted by atomic mass is 35.5. The fourth-order valence-corrected chi connectivity index (χ4v) is 3.97. The number of fused-ring (bicyclic) bond motifs is 1. The lowest BCUT2D eigenvalue weighted by Crippen LogP contribution is -2.38. The van der Waals surface area contributed by atoms with Crippen molar-refractivity contribution in [2.45, 2.75) is 19.3 Å². The lowest BCUT2D eigenvalue weighted by Gasteiger charge is -2.26. The van der Waals surface area contributed by atoms with E-state index in [2.05, 4.69) is 0 Å². The molecule has 0 N–H and O–H groups in total. The van der Waals surface area contributed by atoms with Crippen LogP contribution in [0.25, 0.3) is 10.1 Å². The van der Waals surface area contributed by atoms with Gasteiger partial charge >= 0.3 is 5.97 Å². The van der Waals surface area contributed by atoms with Crippen molar-refractivity contribution in [1.29, 1.82) is 0 Å². The number of likely N-dealkylation sites (tertiary alicyclic amines) is 1. The summed E-state index contributed by atoms with van der Waals surface area (Å²) in [5.41, 5.74) is 0. The Hall–Kier alpha value is -1.59. The van der Waals surface area contributed by atoms with E-state index in [1.807, 2.05) is 24.3 Å². The molecule has 0 aliphatic carbocycles. The Morgan fingerprint density at radius 2 is 1.91 bits per heavy atom. The molecule has 0 spiro atoms. The van der Waals surface area contributed by atoms with Gasteiger partial charge in [-0.05, 0) is 25.3 Å². The summed E-state index contributed by atoms with van der Waals surface area (Å²) < 4.78 is 6.08. The summed E-state index contributed by atoms with van der Waals surface area (Å²) in [6, 6.07) is 7.53. The van der Waals surface area contributed by atoms with Crippen LogP contribution in [0.15, 0.2) is 24.3 Å². The quantitative estimate of drug-likeness (QED) is 0.802. The van der Waals surface area contributed by atoms with E-state index < -0.39 is 5.97 Å². The second-order valence-corrected chi connectivity index (χ2v) is 6.69. The molecule has 6 heteroatoms. The van der Waals surface area contributed by atoms with Crippen LogP contribution in [0.3, 0.4) is 0 Å². The Kier molecular flexibility index (Phi) is 4.64. The average Bonchev–Trinajstić information content (AvgIpc) is 2.90. The molecule has 1 amide bonds. The molecular weight excluding hydrogens is 322 g/mol. The topological polar surface area (TPSA) is 46.6 Å². The third kappa shape index (κ3) is 3.10. The van der Waals surface area contributed by atoms with Gasteiger partial charge in [-0.15, -0.1) is 11.3 Å². The number of piperidine rings is 1. The van der Waals surface area contributed by atoms with Gasteiger partial charge in [0.1, 0.15) is 4.88 Å². The van der Waals surface area contributed by atoms with E-state index in [1.54, 1.807) is 4.90 Å². The Morgan fingerprint density at radius 3 is 2.64 bits per heavy atom. The summed E-state index contributed by atoms with van der Waals surface area (Å²) in [6.45, 7) is 1.28. The highest BCUT2D eigenvalue weighted by Gasteiger charge is 2.21. The molecule has 0 radical (unpaired) electrons. The van der Waals surface area contributed by atoms with E-state index in [4.69, 9.17) is 16.3 Å². The molecule has 3 rings (SSSR count). The standard InChI is InChI=1S/C16H16ClNO3S/c17-14-11-6-2-3-7-12(11)22-15(14)16(20)21-10-13(19)18-8-4-1-5-9-18/h2-3,6-7H,1,4-5,8-10H2. The SMILES string of the molecule is O=C(OCC(=O)N1CCCCC1)c1sc2ccccc2c1Cl. The lowest BCUT2D eigenvalue weighted by atomic mass is 10.1. The van der Waals surface area contributed by atoms with Gasteiger partial charge in [-0.1, -0.05) is 29.8 Å². The lowest BCUT2D eigenvalue weighted by molar-refractivity contribution is -0.135. The molecule has 0 saturated carbocycles. The van der Waals surface area contributed by atoms with Crippen LogP contribution in [0, 0.1) is 0 Å². The highest BCUT2D eigenvalue weighted by Crippen LogP contribution is 2.35. The van der Waals surface area contributed by atoms with E-state index in [0.29, 0.717) is 9.90 Å². The Bertz CT molecular complexity index is 706. The van der Waals surface area contributed by atoms with Gasteiger partial charge in [-0.2, -0.15) is 0 Å². The van der Waals surface area contributed by atoms with Crippen molar-refractivity contribution in [2.75, 3.05) is 19.7 Å². The normalized spacial score (nSPS) is 15.0. The first-order valence-corrected chi connectivity index (χ1v) is 8.48. The summed E-state index contributed by atoms with van der Waals surface area (Å²) in [5, 5.41) is 1.24. The third-order valence-electron chi connectivity index (χ3n) is 3.76.